The van der Waals surface area contributed by atoms with E-state index < -0.39 is 0 Å². The van der Waals surface area contributed by atoms with Gasteiger partial charge in [-0.05, 0) is 73.6 Å². The van der Waals surface area contributed by atoms with E-state index in [9.17, 15) is 14.0 Å². The summed E-state index contributed by atoms with van der Waals surface area (Å²) in [6.07, 6.45) is 4.08. The van der Waals surface area contributed by atoms with Crippen molar-refractivity contribution >= 4 is 45.7 Å². The summed E-state index contributed by atoms with van der Waals surface area (Å²) in [6.45, 7) is 2.42. The van der Waals surface area contributed by atoms with Crippen LogP contribution in [0.4, 0.5) is 15.8 Å². The molecule has 0 saturated heterocycles. The van der Waals surface area contributed by atoms with Crippen molar-refractivity contribution in [2.45, 2.75) is 29.1 Å². The van der Waals surface area contributed by atoms with E-state index in [1.807, 2.05) is 36.0 Å². The van der Waals surface area contributed by atoms with Gasteiger partial charge in [-0.15, -0.1) is 0 Å². The Morgan fingerprint density at radius 2 is 1.52 bits per heavy atom. The number of Topliss-reactive ketones (excluding diaryl/α,β-unsaturated/α-hetero) is 1. The topological polar surface area (TPSA) is 70.1 Å². The van der Waals surface area contributed by atoms with Gasteiger partial charge in [0.2, 0.25) is 0 Å². The number of carbonyl (C=O) groups excluding carboxylic acids is 1. The molecule has 0 spiro atoms. The summed E-state index contributed by atoms with van der Waals surface area (Å²) in [7, 11) is 0. The third-order valence-corrected chi connectivity index (χ3v) is 8.61. The third kappa shape index (κ3) is 6.25. The number of aromatic amines is 1. The zero-order chi connectivity index (χ0) is 28.9. The number of imidazole rings is 1. The molecule has 3 heterocycles. The van der Waals surface area contributed by atoms with Gasteiger partial charge in [0.1, 0.15) is 5.82 Å². The number of carbonyl (C=O) groups is 1. The summed E-state index contributed by atoms with van der Waals surface area (Å²) < 4.78 is 14.7. The lowest BCUT2D eigenvalue weighted by Gasteiger charge is -2.26. The van der Waals surface area contributed by atoms with E-state index in [4.69, 9.17) is 0 Å². The van der Waals surface area contributed by atoms with Gasteiger partial charge in [-0.2, -0.15) is 0 Å². The van der Waals surface area contributed by atoms with Crippen LogP contribution < -0.4 is 11.0 Å². The van der Waals surface area contributed by atoms with Crippen LogP contribution in [0, 0.1) is 5.82 Å². The number of aromatic nitrogens is 2. The highest BCUT2D eigenvalue weighted by Gasteiger charge is 2.17. The molecule has 0 amide bonds. The van der Waals surface area contributed by atoms with Crippen molar-refractivity contribution in [3.8, 4) is 0 Å². The average Bonchev–Trinajstić information content (AvgIpc) is 3.36. The van der Waals surface area contributed by atoms with Gasteiger partial charge in [-0.1, -0.05) is 54.2 Å². The molecule has 0 saturated carbocycles. The van der Waals surface area contributed by atoms with Crippen LogP contribution in [0.2, 0.25) is 0 Å². The molecular formula is C34H31FN4O2S. The lowest BCUT2D eigenvalue weighted by atomic mass is 10.1. The second kappa shape index (κ2) is 12.6. The Labute approximate surface area is 247 Å². The van der Waals surface area contributed by atoms with Crippen molar-refractivity contribution in [1.82, 2.24) is 14.5 Å². The minimum Gasteiger partial charge on any atom is -0.354 e. The van der Waals surface area contributed by atoms with Gasteiger partial charge in [-0.3, -0.25) is 14.3 Å². The van der Waals surface area contributed by atoms with E-state index in [1.54, 1.807) is 4.57 Å². The Hall–Kier alpha value is -4.40. The summed E-state index contributed by atoms with van der Waals surface area (Å²) in [5, 5.41) is 3.42. The predicted molar refractivity (Wildman–Crippen MR) is 168 cm³/mol. The molecule has 7 rings (SSSR count). The number of halogens is 1. The standard InChI is InChI=1S/C22H22FN3O2.C12H9NS/c23-17-9-7-16(8-10-17)21(27)6-3-13-25-14-11-18(12-15-25)26-20-5-2-1-4-19(20)24-22(26)28;1-3-7-11-9(5-1)13-10-6-2-4-8-12(10)14-11/h1-2,4-5,7-11H,3,6,12-15H2,(H,24,28);1-8,13H. The number of fused-ring (bicyclic) bond motifs is 3. The molecule has 0 fully saturated rings. The number of nitrogens with zero attached hydrogens (tertiary/aromatic N) is 2. The van der Waals surface area contributed by atoms with Gasteiger partial charge < -0.3 is 10.3 Å². The Bertz CT molecular complexity index is 1720. The second-order valence-corrected chi connectivity index (χ2v) is 11.4. The average molecular weight is 579 g/mol. The molecule has 6 nitrogen and oxygen atoms in total. The number of benzene rings is 4. The van der Waals surface area contributed by atoms with Crippen molar-refractivity contribution in [2.75, 3.05) is 25.0 Å². The van der Waals surface area contributed by atoms with Crippen molar-refractivity contribution in [3.63, 3.8) is 0 Å². The molecule has 0 bridgehead atoms. The SMILES string of the molecule is O=C(CCCN1CC=C(n2c(=O)[nH]c3ccccc32)CC1)c1ccc(F)cc1.c1ccc2c(c1)Nc1ccccc1S2. The van der Waals surface area contributed by atoms with Crippen LogP contribution in [-0.2, 0) is 0 Å². The molecule has 4 aromatic carbocycles. The molecule has 212 valence electrons. The molecule has 8 heteroatoms. The molecule has 1 aromatic heterocycles. The number of hydrogen-bond donors (Lipinski definition) is 2. The number of anilines is 2. The van der Waals surface area contributed by atoms with Crippen molar-refractivity contribution in [2.24, 2.45) is 0 Å². The van der Waals surface area contributed by atoms with Crippen LogP contribution >= 0.6 is 11.8 Å². The summed E-state index contributed by atoms with van der Waals surface area (Å²) in [6, 6.07) is 30.1. The van der Waals surface area contributed by atoms with E-state index in [-0.39, 0.29) is 17.3 Å². The van der Waals surface area contributed by atoms with E-state index in [1.165, 1.54) is 45.4 Å². The Morgan fingerprint density at radius 3 is 2.21 bits per heavy atom. The lowest BCUT2D eigenvalue weighted by Crippen LogP contribution is -2.32. The van der Waals surface area contributed by atoms with E-state index in [2.05, 4.69) is 69.8 Å². The zero-order valence-electron chi connectivity index (χ0n) is 23.1. The van der Waals surface area contributed by atoms with Gasteiger partial charge in [0.25, 0.3) is 0 Å². The van der Waals surface area contributed by atoms with E-state index >= 15 is 0 Å². The maximum Gasteiger partial charge on any atom is 0.330 e. The zero-order valence-corrected chi connectivity index (χ0v) is 23.9. The van der Waals surface area contributed by atoms with Gasteiger partial charge >= 0.3 is 5.69 Å². The van der Waals surface area contributed by atoms with Crippen molar-refractivity contribution in [3.05, 3.63) is 125 Å². The summed E-state index contributed by atoms with van der Waals surface area (Å²) in [5.41, 5.74) is 5.62. The highest BCUT2D eigenvalue weighted by atomic mass is 32.2. The van der Waals surface area contributed by atoms with Gasteiger partial charge in [-0.25, -0.2) is 9.18 Å². The lowest BCUT2D eigenvalue weighted by molar-refractivity contribution is 0.0975. The van der Waals surface area contributed by atoms with Crippen LogP contribution in [0.15, 0.2) is 118 Å². The largest absolute Gasteiger partial charge is 0.354 e. The molecule has 0 aliphatic carbocycles. The molecule has 2 aliphatic heterocycles. The molecule has 2 N–H and O–H groups in total. The molecule has 0 unspecified atom stereocenters. The van der Waals surface area contributed by atoms with Crippen LogP contribution in [0.5, 0.6) is 0 Å². The Morgan fingerprint density at radius 1 is 0.857 bits per heavy atom. The van der Waals surface area contributed by atoms with Crippen LogP contribution in [0.1, 0.15) is 29.6 Å². The second-order valence-electron chi connectivity index (χ2n) is 10.3. The molecular weight excluding hydrogens is 547 g/mol. The molecule has 2 aliphatic rings. The smallest absolute Gasteiger partial charge is 0.330 e. The maximum atomic E-state index is 12.9. The van der Waals surface area contributed by atoms with Gasteiger partial charge in [0.15, 0.2) is 5.78 Å². The third-order valence-electron chi connectivity index (χ3n) is 7.45. The number of hydrogen-bond acceptors (Lipinski definition) is 5. The first-order valence-electron chi connectivity index (χ1n) is 14.1. The number of para-hydroxylation sites is 4. The summed E-state index contributed by atoms with van der Waals surface area (Å²) in [4.78, 5) is 32.3. The first-order chi connectivity index (χ1) is 20.5. The van der Waals surface area contributed by atoms with E-state index in [0.29, 0.717) is 12.0 Å². The fourth-order valence-corrected chi connectivity index (χ4v) is 6.26. The fourth-order valence-electron chi connectivity index (χ4n) is 5.27. The number of H-pyrrole nitrogens is 1. The Kier molecular flexibility index (Phi) is 8.35. The number of ketones is 1. The van der Waals surface area contributed by atoms with Gasteiger partial charge in [0.05, 0.1) is 22.4 Å². The Balaban J connectivity index is 0.000000187. The normalized spacial score (nSPS) is 14.2. The summed E-state index contributed by atoms with van der Waals surface area (Å²) >= 11 is 1.82. The van der Waals surface area contributed by atoms with E-state index in [0.717, 1.165) is 49.2 Å². The molecule has 0 radical (unpaired) electrons. The molecule has 42 heavy (non-hydrogen) atoms. The van der Waals surface area contributed by atoms with Crippen molar-refractivity contribution < 1.29 is 9.18 Å². The maximum absolute atomic E-state index is 12.9. The van der Waals surface area contributed by atoms with Gasteiger partial charge in [0, 0.05) is 47.0 Å². The molecule has 0 atom stereocenters. The quantitative estimate of drug-likeness (QED) is 0.200. The van der Waals surface area contributed by atoms with Crippen LogP contribution in [-0.4, -0.2) is 39.9 Å². The van der Waals surface area contributed by atoms with Crippen LogP contribution in [0.25, 0.3) is 16.7 Å². The monoisotopic (exact) mass is 578 g/mol. The highest BCUT2D eigenvalue weighted by molar-refractivity contribution is 7.99. The summed E-state index contributed by atoms with van der Waals surface area (Å²) in [5.74, 6) is -0.291. The number of nitrogens with one attached hydrogen (secondary N) is 2. The van der Waals surface area contributed by atoms with Crippen molar-refractivity contribution in [1.29, 1.82) is 0 Å². The minimum absolute atomic E-state index is 0.0404. The first-order valence-corrected chi connectivity index (χ1v) is 14.9. The highest BCUT2D eigenvalue weighted by Crippen LogP contribution is 2.43. The first kappa shape index (κ1) is 27.8. The number of rotatable bonds is 6. The fraction of sp³-hybridized carbons (Fsp3) is 0.176. The van der Waals surface area contributed by atoms with Crippen LogP contribution in [0.3, 0.4) is 0 Å². The predicted octanol–water partition coefficient (Wildman–Crippen LogP) is 7.57. The minimum atomic E-state index is -0.332. The molecule has 5 aromatic rings.